The van der Waals surface area contributed by atoms with E-state index in [1.807, 2.05) is 30.5 Å². The normalized spacial score (nSPS) is 16.3. The molecule has 1 fully saturated rings. The van der Waals surface area contributed by atoms with Gasteiger partial charge in [-0.05, 0) is 31.4 Å². The van der Waals surface area contributed by atoms with Crippen LogP contribution < -0.4 is 5.32 Å². The standard InChI is InChI=1S/C12H13N3/c1-2-7-11-10(6-1)13-8-12(15-11)14-9-4-3-5-9/h1-2,6-9H,3-5H2,(H,14,15). The van der Waals surface area contributed by atoms with Gasteiger partial charge in [-0.15, -0.1) is 0 Å². The largest absolute Gasteiger partial charge is 0.366 e. The van der Waals surface area contributed by atoms with Gasteiger partial charge in [-0.2, -0.15) is 0 Å². The van der Waals surface area contributed by atoms with Crippen molar-refractivity contribution >= 4 is 16.9 Å². The number of para-hydroxylation sites is 2. The van der Waals surface area contributed by atoms with Crippen LogP contribution in [0.1, 0.15) is 19.3 Å². The molecule has 0 atom stereocenters. The Kier molecular flexibility index (Phi) is 2.02. The lowest BCUT2D eigenvalue weighted by Gasteiger charge is -2.26. The number of hydrogen-bond acceptors (Lipinski definition) is 3. The van der Waals surface area contributed by atoms with Crippen LogP contribution in [0.5, 0.6) is 0 Å². The number of aromatic nitrogens is 2. The topological polar surface area (TPSA) is 37.8 Å². The first-order chi connectivity index (χ1) is 7.42. The fourth-order valence-corrected chi connectivity index (χ4v) is 1.79. The first-order valence-electron chi connectivity index (χ1n) is 5.40. The zero-order chi connectivity index (χ0) is 10.1. The van der Waals surface area contributed by atoms with Crippen LogP contribution >= 0.6 is 0 Å². The molecule has 0 unspecified atom stereocenters. The predicted octanol–water partition coefficient (Wildman–Crippen LogP) is 2.59. The number of nitrogens with zero attached hydrogens (tertiary/aromatic N) is 2. The zero-order valence-corrected chi connectivity index (χ0v) is 8.48. The van der Waals surface area contributed by atoms with Gasteiger partial charge in [-0.3, -0.25) is 4.98 Å². The van der Waals surface area contributed by atoms with E-state index in [0.717, 1.165) is 16.9 Å². The van der Waals surface area contributed by atoms with Gasteiger partial charge in [0.15, 0.2) is 0 Å². The Labute approximate surface area is 88.6 Å². The first kappa shape index (κ1) is 8.65. The Hall–Kier alpha value is -1.64. The van der Waals surface area contributed by atoms with Crippen molar-refractivity contribution in [2.24, 2.45) is 0 Å². The SMILES string of the molecule is c1ccc2nc(NC3CCC3)cnc2c1. The molecule has 1 saturated carbocycles. The molecule has 76 valence electrons. The van der Waals surface area contributed by atoms with E-state index in [1.165, 1.54) is 19.3 Å². The molecule has 1 aromatic heterocycles. The lowest BCUT2D eigenvalue weighted by molar-refractivity contribution is 0.444. The molecule has 3 nitrogen and oxygen atoms in total. The minimum Gasteiger partial charge on any atom is -0.366 e. The van der Waals surface area contributed by atoms with E-state index in [-0.39, 0.29) is 0 Å². The summed E-state index contributed by atoms with van der Waals surface area (Å²) in [6.07, 6.45) is 5.67. The van der Waals surface area contributed by atoms with Crippen LogP contribution in [-0.4, -0.2) is 16.0 Å². The van der Waals surface area contributed by atoms with Gasteiger partial charge in [-0.1, -0.05) is 12.1 Å². The van der Waals surface area contributed by atoms with Crippen LogP contribution in [0.3, 0.4) is 0 Å². The van der Waals surface area contributed by atoms with Gasteiger partial charge in [-0.25, -0.2) is 4.98 Å². The molecule has 1 N–H and O–H groups in total. The summed E-state index contributed by atoms with van der Waals surface area (Å²) in [7, 11) is 0. The Morgan fingerprint density at radius 2 is 1.93 bits per heavy atom. The second-order valence-electron chi connectivity index (χ2n) is 4.02. The summed E-state index contributed by atoms with van der Waals surface area (Å²) in [5.41, 5.74) is 1.92. The van der Waals surface area contributed by atoms with Gasteiger partial charge in [0.05, 0.1) is 17.2 Å². The number of hydrogen-bond donors (Lipinski definition) is 1. The molecule has 1 aliphatic rings. The maximum absolute atomic E-state index is 4.52. The molecule has 0 spiro atoms. The monoisotopic (exact) mass is 199 g/mol. The second-order valence-corrected chi connectivity index (χ2v) is 4.02. The highest BCUT2D eigenvalue weighted by molar-refractivity contribution is 5.75. The van der Waals surface area contributed by atoms with Gasteiger partial charge in [0.2, 0.25) is 0 Å². The number of rotatable bonds is 2. The number of anilines is 1. The summed E-state index contributed by atoms with van der Waals surface area (Å²) in [6, 6.07) is 8.56. The van der Waals surface area contributed by atoms with Crippen molar-refractivity contribution in [2.75, 3.05) is 5.32 Å². The molecular weight excluding hydrogens is 186 g/mol. The van der Waals surface area contributed by atoms with E-state index in [0.29, 0.717) is 6.04 Å². The van der Waals surface area contributed by atoms with E-state index in [1.54, 1.807) is 0 Å². The third-order valence-corrected chi connectivity index (χ3v) is 2.91. The van der Waals surface area contributed by atoms with Crippen LogP contribution in [0.15, 0.2) is 30.5 Å². The molecule has 0 aliphatic heterocycles. The molecule has 1 aromatic carbocycles. The average molecular weight is 199 g/mol. The lowest BCUT2D eigenvalue weighted by atomic mass is 9.93. The van der Waals surface area contributed by atoms with Crippen molar-refractivity contribution in [1.82, 2.24) is 9.97 Å². The molecule has 3 rings (SSSR count). The summed E-state index contributed by atoms with van der Waals surface area (Å²) < 4.78 is 0. The summed E-state index contributed by atoms with van der Waals surface area (Å²) in [5, 5.41) is 3.40. The summed E-state index contributed by atoms with van der Waals surface area (Å²) in [4.78, 5) is 8.89. The molecule has 0 radical (unpaired) electrons. The second kappa shape index (κ2) is 3.50. The van der Waals surface area contributed by atoms with E-state index >= 15 is 0 Å². The van der Waals surface area contributed by atoms with Crippen molar-refractivity contribution in [2.45, 2.75) is 25.3 Å². The van der Waals surface area contributed by atoms with E-state index < -0.39 is 0 Å². The quantitative estimate of drug-likeness (QED) is 0.807. The average Bonchev–Trinajstić information content (AvgIpc) is 2.23. The first-order valence-corrected chi connectivity index (χ1v) is 5.40. The van der Waals surface area contributed by atoms with Gasteiger partial charge < -0.3 is 5.32 Å². The molecule has 3 heteroatoms. The van der Waals surface area contributed by atoms with Crippen LogP contribution in [0.25, 0.3) is 11.0 Å². The van der Waals surface area contributed by atoms with Gasteiger partial charge in [0, 0.05) is 6.04 Å². The smallest absolute Gasteiger partial charge is 0.145 e. The predicted molar refractivity (Wildman–Crippen MR) is 60.8 cm³/mol. The number of nitrogens with one attached hydrogen (secondary N) is 1. The van der Waals surface area contributed by atoms with Gasteiger partial charge in [0.25, 0.3) is 0 Å². The maximum atomic E-state index is 4.52. The molecular formula is C12H13N3. The number of benzene rings is 1. The highest BCUT2D eigenvalue weighted by atomic mass is 15.0. The Morgan fingerprint density at radius 1 is 1.13 bits per heavy atom. The Bertz CT molecular complexity index is 477. The van der Waals surface area contributed by atoms with Gasteiger partial charge in [0.1, 0.15) is 5.82 Å². The van der Waals surface area contributed by atoms with E-state index in [2.05, 4.69) is 15.3 Å². The van der Waals surface area contributed by atoms with Crippen molar-refractivity contribution in [1.29, 1.82) is 0 Å². The minimum atomic E-state index is 0.612. The summed E-state index contributed by atoms with van der Waals surface area (Å²) in [6.45, 7) is 0. The van der Waals surface area contributed by atoms with Crippen LogP contribution in [0.4, 0.5) is 5.82 Å². The van der Waals surface area contributed by atoms with Crippen LogP contribution in [0, 0.1) is 0 Å². The molecule has 0 bridgehead atoms. The highest BCUT2D eigenvalue weighted by Gasteiger charge is 2.17. The summed E-state index contributed by atoms with van der Waals surface area (Å²) in [5.74, 6) is 0.901. The molecule has 0 amide bonds. The molecule has 1 heterocycles. The highest BCUT2D eigenvalue weighted by Crippen LogP contribution is 2.22. The Morgan fingerprint density at radius 3 is 2.67 bits per heavy atom. The van der Waals surface area contributed by atoms with Crippen molar-refractivity contribution < 1.29 is 0 Å². The lowest BCUT2D eigenvalue weighted by Crippen LogP contribution is -2.27. The molecule has 0 saturated heterocycles. The third-order valence-electron chi connectivity index (χ3n) is 2.91. The van der Waals surface area contributed by atoms with Crippen molar-refractivity contribution in [3.05, 3.63) is 30.5 Å². The van der Waals surface area contributed by atoms with Gasteiger partial charge >= 0.3 is 0 Å². The zero-order valence-electron chi connectivity index (χ0n) is 8.48. The van der Waals surface area contributed by atoms with E-state index in [4.69, 9.17) is 0 Å². The van der Waals surface area contributed by atoms with E-state index in [9.17, 15) is 0 Å². The fraction of sp³-hybridized carbons (Fsp3) is 0.333. The fourth-order valence-electron chi connectivity index (χ4n) is 1.79. The summed E-state index contributed by atoms with van der Waals surface area (Å²) >= 11 is 0. The maximum Gasteiger partial charge on any atom is 0.145 e. The molecule has 2 aromatic rings. The van der Waals surface area contributed by atoms with Crippen molar-refractivity contribution in [3.63, 3.8) is 0 Å². The van der Waals surface area contributed by atoms with Crippen LogP contribution in [-0.2, 0) is 0 Å². The van der Waals surface area contributed by atoms with Crippen molar-refractivity contribution in [3.8, 4) is 0 Å². The number of fused-ring (bicyclic) bond motifs is 1. The molecule has 15 heavy (non-hydrogen) atoms. The Balaban J connectivity index is 1.91. The molecule has 1 aliphatic carbocycles. The van der Waals surface area contributed by atoms with Crippen LogP contribution in [0.2, 0.25) is 0 Å². The third kappa shape index (κ3) is 1.65. The minimum absolute atomic E-state index is 0.612.